The predicted molar refractivity (Wildman–Crippen MR) is 133 cm³/mol. The van der Waals surface area contributed by atoms with E-state index in [9.17, 15) is 4.79 Å². The van der Waals surface area contributed by atoms with E-state index in [0.717, 1.165) is 44.6 Å². The highest BCUT2D eigenvalue weighted by atomic mass is 16.5. The van der Waals surface area contributed by atoms with Gasteiger partial charge in [0.1, 0.15) is 0 Å². The van der Waals surface area contributed by atoms with Crippen molar-refractivity contribution in [2.24, 2.45) is 0 Å². The second-order valence-corrected chi connectivity index (χ2v) is 8.36. The summed E-state index contributed by atoms with van der Waals surface area (Å²) in [6.07, 6.45) is 1.02. The molecule has 0 spiro atoms. The van der Waals surface area contributed by atoms with Crippen molar-refractivity contribution < 1.29 is 14.3 Å². The Kier molecular flexibility index (Phi) is 7.87. The zero-order valence-corrected chi connectivity index (χ0v) is 20.1. The van der Waals surface area contributed by atoms with Crippen LogP contribution in [0, 0.1) is 13.8 Å². The smallest absolute Gasteiger partial charge is 0.220 e. The molecule has 7 heteroatoms. The molecule has 0 unspecified atom stereocenters. The van der Waals surface area contributed by atoms with Crippen molar-refractivity contribution in [2.75, 3.05) is 19.8 Å². The molecule has 178 valence electrons. The third-order valence-corrected chi connectivity index (χ3v) is 5.95. The van der Waals surface area contributed by atoms with Gasteiger partial charge < -0.3 is 14.8 Å². The lowest BCUT2D eigenvalue weighted by molar-refractivity contribution is -0.121. The van der Waals surface area contributed by atoms with Gasteiger partial charge in [-0.3, -0.25) is 4.79 Å². The van der Waals surface area contributed by atoms with E-state index in [1.165, 1.54) is 0 Å². The Morgan fingerprint density at radius 3 is 2.68 bits per heavy atom. The Hall–Kier alpha value is -3.29. The standard InChI is InChI=1S/C27H32N4O3/c1-4-33-14-15-34-18-22-9-7-8-21(16-22)17-28-26(32)13-12-23-19(2)29-27-24-10-5-6-11-25(24)30-31(27)20(23)3/h5-11,16H,4,12-15,17-18H2,1-3H3,(H,28,32). The van der Waals surface area contributed by atoms with Crippen LogP contribution in [0.5, 0.6) is 0 Å². The van der Waals surface area contributed by atoms with Gasteiger partial charge in [0.2, 0.25) is 5.91 Å². The fraction of sp³-hybridized carbons (Fsp3) is 0.370. The molecule has 0 fully saturated rings. The molecule has 0 atom stereocenters. The monoisotopic (exact) mass is 460 g/mol. The van der Waals surface area contributed by atoms with Crippen LogP contribution in [0.2, 0.25) is 0 Å². The molecular weight excluding hydrogens is 428 g/mol. The number of hydrogen-bond acceptors (Lipinski definition) is 5. The third kappa shape index (κ3) is 5.61. The lowest BCUT2D eigenvalue weighted by Gasteiger charge is -2.12. The Morgan fingerprint density at radius 1 is 1.03 bits per heavy atom. The second kappa shape index (κ2) is 11.2. The minimum atomic E-state index is 0.0166. The SMILES string of the molecule is CCOCCOCc1cccc(CNC(=O)CCc2c(C)nc3c4ccccc4nn3c2C)c1. The molecule has 4 rings (SSSR count). The highest BCUT2D eigenvalue weighted by molar-refractivity contribution is 5.92. The van der Waals surface area contributed by atoms with Crippen LogP contribution >= 0.6 is 0 Å². The van der Waals surface area contributed by atoms with Crippen LogP contribution in [-0.4, -0.2) is 40.3 Å². The summed E-state index contributed by atoms with van der Waals surface area (Å²) in [6, 6.07) is 16.1. The van der Waals surface area contributed by atoms with E-state index < -0.39 is 0 Å². The topological polar surface area (TPSA) is 77.8 Å². The Balaban J connectivity index is 1.33. The summed E-state index contributed by atoms with van der Waals surface area (Å²) in [5, 5.41) is 8.78. The van der Waals surface area contributed by atoms with Gasteiger partial charge in [-0.25, -0.2) is 9.50 Å². The normalized spacial score (nSPS) is 11.4. The number of aromatic nitrogens is 3. The summed E-state index contributed by atoms with van der Waals surface area (Å²) in [7, 11) is 0. The molecule has 1 N–H and O–H groups in total. The van der Waals surface area contributed by atoms with Crippen molar-refractivity contribution >= 4 is 22.5 Å². The van der Waals surface area contributed by atoms with E-state index in [-0.39, 0.29) is 5.91 Å². The maximum atomic E-state index is 12.6. The molecule has 0 aliphatic carbocycles. The first-order valence-electron chi connectivity index (χ1n) is 11.8. The third-order valence-electron chi connectivity index (χ3n) is 5.95. The Labute approximate surface area is 200 Å². The first-order chi connectivity index (χ1) is 16.6. The van der Waals surface area contributed by atoms with Gasteiger partial charge >= 0.3 is 0 Å². The minimum absolute atomic E-state index is 0.0166. The van der Waals surface area contributed by atoms with Crippen LogP contribution in [0.25, 0.3) is 16.6 Å². The fourth-order valence-corrected chi connectivity index (χ4v) is 4.15. The Morgan fingerprint density at radius 2 is 1.82 bits per heavy atom. The summed E-state index contributed by atoms with van der Waals surface area (Å²) >= 11 is 0. The van der Waals surface area contributed by atoms with Crippen molar-refractivity contribution in [2.45, 2.75) is 46.8 Å². The zero-order chi connectivity index (χ0) is 23.9. The molecule has 2 aromatic heterocycles. The molecule has 0 aliphatic heterocycles. The highest BCUT2D eigenvalue weighted by Crippen LogP contribution is 2.23. The number of fused-ring (bicyclic) bond motifs is 3. The average molecular weight is 461 g/mol. The van der Waals surface area contributed by atoms with Gasteiger partial charge in [0.25, 0.3) is 0 Å². The number of rotatable bonds is 11. The number of hydrogen-bond donors (Lipinski definition) is 1. The maximum Gasteiger partial charge on any atom is 0.220 e. The van der Waals surface area contributed by atoms with Crippen molar-refractivity contribution in [3.8, 4) is 0 Å². The summed E-state index contributed by atoms with van der Waals surface area (Å²) in [6.45, 7) is 8.91. The van der Waals surface area contributed by atoms with Crippen LogP contribution in [0.3, 0.4) is 0 Å². The summed E-state index contributed by atoms with van der Waals surface area (Å²) in [4.78, 5) is 17.4. The summed E-state index contributed by atoms with van der Waals surface area (Å²) in [5.41, 5.74) is 6.97. The zero-order valence-electron chi connectivity index (χ0n) is 20.1. The first-order valence-corrected chi connectivity index (χ1v) is 11.8. The molecule has 34 heavy (non-hydrogen) atoms. The van der Waals surface area contributed by atoms with Gasteiger partial charge in [0.05, 0.1) is 25.3 Å². The molecule has 7 nitrogen and oxygen atoms in total. The number of amides is 1. The van der Waals surface area contributed by atoms with Crippen molar-refractivity contribution in [1.29, 1.82) is 0 Å². The van der Waals surface area contributed by atoms with Crippen molar-refractivity contribution in [3.05, 3.63) is 76.6 Å². The highest BCUT2D eigenvalue weighted by Gasteiger charge is 2.15. The molecule has 0 radical (unpaired) electrons. The maximum absolute atomic E-state index is 12.6. The van der Waals surface area contributed by atoms with E-state index in [4.69, 9.17) is 19.6 Å². The molecule has 0 saturated carbocycles. The van der Waals surface area contributed by atoms with Crippen molar-refractivity contribution in [1.82, 2.24) is 19.9 Å². The lowest BCUT2D eigenvalue weighted by atomic mass is 10.1. The molecular formula is C27H32N4O3. The number of carbonyl (C=O) groups excluding carboxylic acids is 1. The molecule has 2 heterocycles. The number of carbonyl (C=O) groups is 1. The number of aryl methyl sites for hydroxylation is 2. The number of nitrogens with zero attached hydrogens (tertiary/aromatic N) is 3. The van der Waals surface area contributed by atoms with Crippen molar-refractivity contribution in [3.63, 3.8) is 0 Å². The second-order valence-electron chi connectivity index (χ2n) is 8.36. The number of nitrogens with one attached hydrogen (secondary N) is 1. The molecule has 0 bridgehead atoms. The minimum Gasteiger partial charge on any atom is -0.379 e. The molecule has 1 amide bonds. The molecule has 2 aromatic carbocycles. The van der Waals surface area contributed by atoms with E-state index in [0.29, 0.717) is 45.8 Å². The van der Waals surface area contributed by atoms with Gasteiger partial charge in [0, 0.05) is 36.3 Å². The van der Waals surface area contributed by atoms with Gasteiger partial charge in [-0.15, -0.1) is 0 Å². The largest absolute Gasteiger partial charge is 0.379 e. The van der Waals surface area contributed by atoms with Gasteiger partial charge in [-0.05, 0) is 56.0 Å². The predicted octanol–water partition coefficient (Wildman–Crippen LogP) is 4.30. The summed E-state index contributed by atoms with van der Waals surface area (Å²) < 4.78 is 12.8. The fourth-order valence-electron chi connectivity index (χ4n) is 4.15. The van der Waals surface area contributed by atoms with Gasteiger partial charge in [0.15, 0.2) is 5.65 Å². The van der Waals surface area contributed by atoms with Gasteiger partial charge in [-0.2, -0.15) is 5.10 Å². The molecule has 0 saturated heterocycles. The Bertz CT molecular complexity index is 1280. The van der Waals surface area contributed by atoms with E-state index in [1.54, 1.807) is 0 Å². The average Bonchev–Trinajstić information content (AvgIpc) is 3.21. The molecule has 0 aliphatic rings. The van der Waals surface area contributed by atoms with Crippen LogP contribution in [0.15, 0.2) is 48.5 Å². The number of ether oxygens (including phenoxy) is 2. The van der Waals surface area contributed by atoms with Crippen LogP contribution in [-0.2, 0) is 33.8 Å². The van der Waals surface area contributed by atoms with Crippen LogP contribution in [0.4, 0.5) is 0 Å². The van der Waals surface area contributed by atoms with E-state index >= 15 is 0 Å². The first kappa shape index (κ1) is 23.9. The summed E-state index contributed by atoms with van der Waals surface area (Å²) in [5.74, 6) is 0.0166. The van der Waals surface area contributed by atoms with Crippen LogP contribution in [0.1, 0.15) is 41.4 Å². The van der Waals surface area contributed by atoms with E-state index in [1.807, 2.05) is 67.8 Å². The molecule has 4 aromatic rings. The van der Waals surface area contributed by atoms with Crippen LogP contribution < -0.4 is 5.32 Å². The quantitative estimate of drug-likeness (QED) is 0.338. The van der Waals surface area contributed by atoms with E-state index in [2.05, 4.69) is 11.4 Å². The lowest BCUT2D eigenvalue weighted by Crippen LogP contribution is -2.23. The van der Waals surface area contributed by atoms with Gasteiger partial charge in [-0.1, -0.05) is 36.4 Å². The number of benzene rings is 2.